The molecule has 2 atom stereocenters. The molecule has 6 heteroatoms. The number of ether oxygens (including phenoxy) is 2. The maximum absolute atomic E-state index is 12.4. The van der Waals surface area contributed by atoms with Gasteiger partial charge in [0.2, 0.25) is 0 Å². The monoisotopic (exact) mass is 399 g/mol. The summed E-state index contributed by atoms with van der Waals surface area (Å²) in [5.74, 6) is -0.0612. The lowest BCUT2D eigenvalue weighted by atomic mass is 9.98. The van der Waals surface area contributed by atoms with Crippen molar-refractivity contribution in [1.29, 1.82) is 0 Å². The van der Waals surface area contributed by atoms with Crippen LogP contribution in [0.5, 0.6) is 0 Å². The van der Waals surface area contributed by atoms with Gasteiger partial charge in [-0.15, -0.1) is 0 Å². The van der Waals surface area contributed by atoms with Gasteiger partial charge >= 0.3 is 6.09 Å². The fourth-order valence-corrected chi connectivity index (χ4v) is 3.84. The van der Waals surface area contributed by atoms with Crippen molar-refractivity contribution in [3.8, 4) is 11.1 Å². The first-order chi connectivity index (χ1) is 13.7. The molecule has 0 aliphatic heterocycles. The summed E-state index contributed by atoms with van der Waals surface area (Å²) in [5.41, 5.74) is 4.03. The number of carbonyl (C=O) groups excluding carboxylic acids is 1. The second-order valence-electron chi connectivity index (χ2n) is 8.34. The van der Waals surface area contributed by atoms with Gasteiger partial charge in [0.15, 0.2) is 6.29 Å². The molecular formula is C23H29NO5. The zero-order valence-corrected chi connectivity index (χ0v) is 17.3. The molecule has 0 heterocycles. The Labute approximate surface area is 171 Å². The number of aliphatic hydroxyl groups excluding tert-OH is 1. The van der Waals surface area contributed by atoms with Gasteiger partial charge in [0.25, 0.3) is 0 Å². The Morgan fingerprint density at radius 2 is 1.55 bits per heavy atom. The Bertz CT molecular complexity index is 813. The summed E-state index contributed by atoms with van der Waals surface area (Å²) < 4.78 is 11.2. The molecule has 0 fully saturated rings. The highest BCUT2D eigenvalue weighted by molar-refractivity contribution is 5.79. The minimum atomic E-state index is -1.77. The average molecular weight is 399 g/mol. The molecular weight excluding hydrogens is 370 g/mol. The number of carbonyl (C=O) groups is 1. The summed E-state index contributed by atoms with van der Waals surface area (Å²) in [4.78, 5) is 12.4. The maximum Gasteiger partial charge on any atom is 0.407 e. The predicted molar refractivity (Wildman–Crippen MR) is 111 cm³/mol. The largest absolute Gasteiger partial charge is 0.449 e. The molecule has 156 valence electrons. The molecule has 0 saturated carbocycles. The molecule has 2 unspecified atom stereocenters. The van der Waals surface area contributed by atoms with Gasteiger partial charge in [0.05, 0.1) is 11.7 Å². The lowest BCUT2D eigenvalue weighted by Gasteiger charge is -2.32. The smallest absolute Gasteiger partial charge is 0.407 e. The number of benzene rings is 2. The number of rotatable bonds is 6. The van der Waals surface area contributed by atoms with E-state index in [4.69, 9.17) is 9.47 Å². The molecule has 0 saturated heterocycles. The van der Waals surface area contributed by atoms with Crippen molar-refractivity contribution in [3.05, 3.63) is 59.7 Å². The molecule has 2 aromatic carbocycles. The van der Waals surface area contributed by atoms with Crippen molar-refractivity contribution in [2.24, 2.45) is 0 Å². The second kappa shape index (κ2) is 8.53. The fourth-order valence-electron chi connectivity index (χ4n) is 3.84. The molecule has 0 aromatic heterocycles. The van der Waals surface area contributed by atoms with Crippen LogP contribution in [-0.4, -0.2) is 47.0 Å². The summed E-state index contributed by atoms with van der Waals surface area (Å²) in [6.45, 7) is 7.41. The summed E-state index contributed by atoms with van der Waals surface area (Å²) in [6.07, 6.45) is -3.10. The van der Waals surface area contributed by atoms with Crippen LogP contribution in [0.15, 0.2) is 48.5 Å². The molecule has 3 rings (SSSR count). The first-order valence-electron chi connectivity index (χ1n) is 9.83. The van der Waals surface area contributed by atoms with Crippen LogP contribution in [0.25, 0.3) is 11.1 Å². The van der Waals surface area contributed by atoms with Crippen molar-refractivity contribution < 1.29 is 24.5 Å². The number of aliphatic hydroxyl groups is 2. The van der Waals surface area contributed by atoms with E-state index in [1.165, 1.54) is 0 Å². The van der Waals surface area contributed by atoms with Crippen LogP contribution < -0.4 is 5.32 Å². The van der Waals surface area contributed by atoms with Crippen molar-refractivity contribution >= 4 is 6.09 Å². The first-order valence-corrected chi connectivity index (χ1v) is 9.83. The van der Waals surface area contributed by atoms with E-state index in [0.717, 1.165) is 22.3 Å². The third-order valence-corrected chi connectivity index (χ3v) is 4.99. The molecule has 29 heavy (non-hydrogen) atoms. The van der Waals surface area contributed by atoms with E-state index >= 15 is 0 Å². The van der Waals surface area contributed by atoms with Crippen molar-refractivity contribution in [1.82, 2.24) is 5.32 Å². The molecule has 3 N–H and O–H groups in total. The number of alkyl carbamates (subject to hydrolysis) is 1. The summed E-state index contributed by atoms with van der Waals surface area (Å²) >= 11 is 0. The molecule has 0 bridgehead atoms. The van der Waals surface area contributed by atoms with Crippen LogP contribution in [-0.2, 0) is 9.47 Å². The number of hydrogen-bond donors (Lipinski definition) is 3. The van der Waals surface area contributed by atoms with Crippen molar-refractivity contribution in [2.45, 2.75) is 57.6 Å². The van der Waals surface area contributed by atoms with Crippen molar-refractivity contribution in [3.63, 3.8) is 0 Å². The van der Waals surface area contributed by atoms with Gasteiger partial charge < -0.3 is 25.0 Å². The van der Waals surface area contributed by atoms with Gasteiger partial charge in [0.1, 0.15) is 12.6 Å². The summed E-state index contributed by atoms with van der Waals surface area (Å²) in [5, 5.41) is 21.9. The van der Waals surface area contributed by atoms with Crippen molar-refractivity contribution in [2.75, 3.05) is 6.61 Å². The van der Waals surface area contributed by atoms with Gasteiger partial charge in [0, 0.05) is 5.92 Å². The number of amides is 1. The molecule has 1 aliphatic carbocycles. The third-order valence-electron chi connectivity index (χ3n) is 4.99. The van der Waals surface area contributed by atoms with Gasteiger partial charge in [-0.1, -0.05) is 48.5 Å². The van der Waals surface area contributed by atoms with Crippen LogP contribution in [0, 0.1) is 0 Å². The molecule has 0 spiro atoms. The molecule has 1 aliphatic rings. The summed E-state index contributed by atoms with van der Waals surface area (Å²) in [6, 6.07) is 15.1. The third kappa shape index (κ3) is 4.96. The Kier molecular flexibility index (Phi) is 6.27. The van der Waals surface area contributed by atoms with E-state index in [2.05, 4.69) is 17.4 Å². The van der Waals surface area contributed by atoms with Gasteiger partial charge in [-0.2, -0.15) is 0 Å². The predicted octanol–water partition coefficient (Wildman–Crippen LogP) is 3.41. The van der Waals surface area contributed by atoms with Crippen LogP contribution in [0.2, 0.25) is 0 Å². The average Bonchev–Trinajstić information content (AvgIpc) is 2.96. The van der Waals surface area contributed by atoms with E-state index in [1.54, 1.807) is 6.92 Å². The highest BCUT2D eigenvalue weighted by Gasteiger charge is 2.32. The highest BCUT2D eigenvalue weighted by atomic mass is 16.6. The Morgan fingerprint density at radius 3 is 2.03 bits per heavy atom. The Morgan fingerprint density at radius 1 is 1.03 bits per heavy atom. The van der Waals surface area contributed by atoms with Crippen LogP contribution in [0.1, 0.15) is 44.7 Å². The first kappa shape index (κ1) is 21.3. The number of hydrogen-bond acceptors (Lipinski definition) is 5. The minimum absolute atomic E-state index is 0.0612. The zero-order valence-electron chi connectivity index (χ0n) is 17.3. The van der Waals surface area contributed by atoms with E-state index in [9.17, 15) is 15.0 Å². The van der Waals surface area contributed by atoms with E-state index in [0.29, 0.717) is 0 Å². The number of nitrogens with one attached hydrogen (secondary N) is 1. The SMILES string of the molecule is CC(OC(C)(C)C)C(NC(=O)OCC1c2ccccc2-c2ccccc21)C(O)O. The number of fused-ring (bicyclic) bond motifs is 3. The van der Waals surface area contributed by atoms with Gasteiger partial charge in [-0.25, -0.2) is 4.79 Å². The molecule has 6 nitrogen and oxygen atoms in total. The van der Waals surface area contributed by atoms with Crippen LogP contribution in [0.3, 0.4) is 0 Å². The van der Waals surface area contributed by atoms with E-state index in [1.807, 2.05) is 57.2 Å². The van der Waals surface area contributed by atoms with Gasteiger partial charge in [-0.3, -0.25) is 0 Å². The topological polar surface area (TPSA) is 88.0 Å². The lowest BCUT2D eigenvalue weighted by Crippen LogP contribution is -2.52. The van der Waals surface area contributed by atoms with Crippen LogP contribution >= 0.6 is 0 Å². The molecule has 1 amide bonds. The van der Waals surface area contributed by atoms with E-state index in [-0.39, 0.29) is 12.5 Å². The quantitative estimate of drug-likeness (QED) is 0.648. The standard InChI is InChI=1S/C23H29NO5/c1-14(29-23(2,3)4)20(21(25)26)24-22(27)28-13-19-17-11-7-5-9-15(17)16-10-6-8-12-18(16)19/h5-12,14,19-21,25-26H,13H2,1-4H3,(H,24,27). The maximum atomic E-state index is 12.4. The molecule has 2 aromatic rings. The van der Waals surface area contributed by atoms with Gasteiger partial charge in [-0.05, 0) is 49.9 Å². The van der Waals surface area contributed by atoms with Crippen LogP contribution in [0.4, 0.5) is 4.79 Å². The minimum Gasteiger partial charge on any atom is -0.449 e. The molecule has 0 radical (unpaired) electrons. The van der Waals surface area contributed by atoms with E-state index < -0.39 is 30.1 Å². The Hall–Kier alpha value is -2.41. The highest BCUT2D eigenvalue weighted by Crippen LogP contribution is 2.44. The lowest BCUT2D eigenvalue weighted by molar-refractivity contribution is -0.134. The second-order valence-corrected chi connectivity index (χ2v) is 8.34. The fraction of sp³-hybridized carbons (Fsp3) is 0.435. The summed E-state index contributed by atoms with van der Waals surface area (Å²) in [7, 11) is 0. The normalized spacial score (nSPS) is 15.6. The Balaban J connectivity index is 1.67. The zero-order chi connectivity index (χ0) is 21.2.